The van der Waals surface area contributed by atoms with Crippen LogP contribution in [0.3, 0.4) is 0 Å². The number of amides is 1. The third-order valence-corrected chi connectivity index (χ3v) is 2.73. The van der Waals surface area contributed by atoms with Crippen molar-refractivity contribution in [1.29, 1.82) is 0 Å². The van der Waals surface area contributed by atoms with Crippen LogP contribution in [-0.2, 0) is 11.2 Å². The Labute approximate surface area is 89.1 Å². The molecule has 1 fully saturated rings. The maximum Gasteiger partial charge on any atom is 0.239 e. The summed E-state index contributed by atoms with van der Waals surface area (Å²) < 4.78 is 0. The van der Waals surface area contributed by atoms with E-state index in [1.54, 1.807) is 6.20 Å². The van der Waals surface area contributed by atoms with Crippen LogP contribution in [0.2, 0.25) is 0 Å². The van der Waals surface area contributed by atoms with Crippen LogP contribution >= 0.6 is 0 Å². The van der Waals surface area contributed by atoms with Crippen LogP contribution in [-0.4, -0.2) is 34.9 Å². The summed E-state index contributed by atoms with van der Waals surface area (Å²) in [6.45, 7) is 1.54. The van der Waals surface area contributed by atoms with Gasteiger partial charge in [-0.3, -0.25) is 9.78 Å². The summed E-state index contributed by atoms with van der Waals surface area (Å²) in [5.41, 5.74) is 6.79. The normalized spacial score (nSPS) is 21.0. The minimum absolute atomic E-state index is 0.0823. The second-order valence-electron chi connectivity index (χ2n) is 3.83. The zero-order chi connectivity index (χ0) is 10.7. The number of pyridine rings is 1. The van der Waals surface area contributed by atoms with Gasteiger partial charge in [0.05, 0.1) is 6.04 Å². The first-order valence-corrected chi connectivity index (χ1v) is 5.20. The van der Waals surface area contributed by atoms with Crippen molar-refractivity contribution >= 4 is 5.91 Å². The van der Waals surface area contributed by atoms with E-state index in [9.17, 15) is 4.79 Å². The van der Waals surface area contributed by atoms with E-state index in [2.05, 4.69) is 4.98 Å². The fourth-order valence-electron chi connectivity index (χ4n) is 1.80. The van der Waals surface area contributed by atoms with E-state index in [0.717, 1.165) is 31.5 Å². The molecule has 0 aliphatic carbocycles. The SMILES string of the molecule is NC1CCN(CCc2cccnc2)C1=O. The fourth-order valence-corrected chi connectivity index (χ4v) is 1.80. The lowest BCUT2D eigenvalue weighted by Gasteiger charge is -2.15. The molecule has 1 aliphatic rings. The Morgan fingerprint density at radius 3 is 3.07 bits per heavy atom. The summed E-state index contributed by atoms with van der Waals surface area (Å²) in [7, 11) is 0. The van der Waals surface area contributed by atoms with E-state index in [0.29, 0.717) is 0 Å². The number of carbonyl (C=O) groups is 1. The zero-order valence-electron chi connectivity index (χ0n) is 8.60. The second kappa shape index (κ2) is 4.40. The third kappa shape index (κ3) is 2.33. The van der Waals surface area contributed by atoms with E-state index < -0.39 is 0 Å². The molecule has 1 saturated heterocycles. The largest absolute Gasteiger partial charge is 0.341 e. The lowest BCUT2D eigenvalue weighted by atomic mass is 10.2. The Balaban J connectivity index is 1.87. The number of aromatic nitrogens is 1. The van der Waals surface area contributed by atoms with Gasteiger partial charge in [-0.2, -0.15) is 0 Å². The Bertz CT molecular complexity index is 339. The van der Waals surface area contributed by atoms with Gasteiger partial charge in [0.15, 0.2) is 0 Å². The predicted octanol–water partition coefficient (Wildman–Crippen LogP) is 0.184. The number of nitrogens with two attached hydrogens (primary N) is 1. The molecule has 2 heterocycles. The maximum absolute atomic E-state index is 11.5. The van der Waals surface area contributed by atoms with Gasteiger partial charge in [0.25, 0.3) is 0 Å². The van der Waals surface area contributed by atoms with Crippen LogP contribution in [0.25, 0.3) is 0 Å². The Hall–Kier alpha value is -1.42. The molecule has 1 aromatic heterocycles. The van der Waals surface area contributed by atoms with Gasteiger partial charge < -0.3 is 10.6 Å². The van der Waals surface area contributed by atoms with Gasteiger partial charge in [0.1, 0.15) is 0 Å². The van der Waals surface area contributed by atoms with Crippen molar-refractivity contribution in [1.82, 2.24) is 9.88 Å². The highest BCUT2D eigenvalue weighted by atomic mass is 16.2. The molecule has 1 aromatic rings. The second-order valence-corrected chi connectivity index (χ2v) is 3.83. The van der Waals surface area contributed by atoms with Crippen LogP contribution in [0, 0.1) is 0 Å². The monoisotopic (exact) mass is 205 g/mol. The van der Waals surface area contributed by atoms with Gasteiger partial charge in [-0.1, -0.05) is 6.07 Å². The minimum atomic E-state index is -0.279. The molecule has 0 bridgehead atoms. The Kier molecular flexibility index (Phi) is 2.97. The summed E-state index contributed by atoms with van der Waals surface area (Å²) in [5, 5.41) is 0. The summed E-state index contributed by atoms with van der Waals surface area (Å²) in [6.07, 6.45) is 5.22. The predicted molar refractivity (Wildman–Crippen MR) is 57.1 cm³/mol. The molecule has 1 amide bonds. The number of hydrogen-bond donors (Lipinski definition) is 1. The van der Waals surface area contributed by atoms with E-state index in [-0.39, 0.29) is 11.9 Å². The van der Waals surface area contributed by atoms with Crippen molar-refractivity contribution in [2.45, 2.75) is 18.9 Å². The highest BCUT2D eigenvalue weighted by molar-refractivity contribution is 5.83. The quantitative estimate of drug-likeness (QED) is 0.766. The molecule has 0 saturated carbocycles. The first kappa shape index (κ1) is 10.1. The lowest BCUT2D eigenvalue weighted by molar-refractivity contribution is -0.128. The van der Waals surface area contributed by atoms with Crippen molar-refractivity contribution in [3.05, 3.63) is 30.1 Å². The maximum atomic E-state index is 11.5. The molecule has 0 radical (unpaired) electrons. The van der Waals surface area contributed by atoms with E-state index in [1.807, 2.05) is 23.2 Å². The summed E-state index contributed by atoms with van der Waals surface area (Å²) in [4.78, 5) is 17.4. The number of rotatable bonds is 3. The molecule has 0 spiro atoms. The molecule has 0 aromatic carbocycles. The van der Waals surface area contributed by atoms with E-state index in [4.69, 9.17) is 5.73 Å². The molecule has 1 atom stereocenters. The molecule has 80 valence electrons. The van der Waals surface area contributed by atoms with Crippen LogP contribution in [0.4, 0.5) is 0 Å². The standard InChI is InChI=1S/C11H15N3O/c12-10-4-7-14(11(10)15)6-3-9-2-1-5-13-8-9/h1-2,5,8,10H,3-4,6-7,12H2. The fraction of sp³-hybridized carbons (Fsp3) is 0.455. The van der Waals surface area contributed by atoms with E-state index in [1.165, 1.54) is 0 Å². The van der Waals surface area contributed by atoms with Gasteiger partial charge in [-0.05, 0) is 24.5 Å². The number of carbonyl (C=O) groups excluding carboxylic acids is 1. The third-order valence-electron chi connectivity index (χ3n) is 2.73. The van der Waals surface area contributed by atoms with Crippen LogP contribution in [0.1, 0.15) is 12.0 Å². The summed E-state index contributed by atoms with van der Waals surface area (Å²) >= 11 is 0. The zero-order valence-corrected chi connectivity index (χ0v) is 8.60. The van der Waals surface area contributed by atoms with Crippen molar-refractivity contribution in [2.75, 3.05) is 13.1 Å². The van der Waals surface area contributed by atoms with E-state index >= 15 is 0 Å². The highest BCUT2D eigenvalue weighted by Crippen LogP contribution is 2.10. The smallest absolute Gasteiger partial charge is 0.239 e. The molecule has 1 unspecified atom stereocenters. The average Bonchev–Trinajstić information content (AvgIpc) is 2.59. The molecule has 1 aliphatic heterocycles. The van der Waals surface area contributed by atoms with Crippen molar-refractivity contribution < 1.29 is 4.79 Å². The molecular formula is C11H15N3O. The topological polar surface area (TPSA) is 59.2 Å². The molecule has 2 N–H and O–H groups in total. The Morgan fingerprint density at radius 1 is 1.60 bits per heavy atom. The molecular weight excluding hydrogens is 190 g/mol. The van der Waals surface area contributed by atoms with Crippen molar-refractivity contribution in [3.8, 4) is 0 Å². The van der Waals surface area contributed by atoms with Gasteiger partial charge in [-0.15, -0.1) is 0 Å². The van der Waals surface area contributed by atoms with Gasteiger partial charge in [0.2, 0.25) is 5.91 Å². The van der Waals surface area contributed by atoms with Crippen LogP contribution < -0.4 is 5.73 Å². The molecule has 4 nitrogen and oxygen atoms in total. The average molecular weight is 205 g/mol. The number of nitrogens with zero attached hydrogens (tertiary/aromatic N) is 2. The number of hydrogen-bond acceptors (Lipinski definition) is 3. The summed E-state index contributed by atoms with van der Waals surface area (Å²) in [6, 6.07) is 3.65. The van der Waals surface area contributed by atoms with Crippen molar-refractivity contribution in [2.24, 2.45) is 5.73 Å². The Morgan fingerprint density at radius 2 is 2.47 bits per heavy atom. The lowest BCUT2D eigenvalue weighted by Crippen LogP contribution is -2.35. The van der Waals surface area contributed by atoms with Crippen LogP contribution in [0.5, 0.6) is 0 Å². The minimum Gasteiger partial charge on any atom is -0.341 e. The summed E-state index contributed by atoms with van der Waals surface area (Å²) in [5.74, 6) is 0.0823. The van der Waals surface area contributed by atoms with Gasteiger partial charge >= 0.3 is 0 Å². The first-order chi connectivity index (χ1) is 7.27. The van der Waals surface area contributed by atoms with Crippen molar-refractivity contribution in [3.63, 3.8) is 0 Å². The first-order valence-electron chi connectivity index (χ1n) is 5.20. The highest BCUT2D eigenvalue weighted by Gasteiger charge is 2.27. The molecule has 2 rings (SSSR count). The molecule has 4 heteroatoms. The van der Waals surface area contributed by atoms with Gasteiger partial charge in [0, 0.05) is 25.5 Å². The number of likely N-dealkylation sites (tertiary alicyclic amines) is 1. The van der Waals surface area contributed by atoms with Crippen LogP contribution in [0.15, 0.2) is 24.5 Å². The molecule has 15 heavy (non-hydrogen) atoms. The van der Waals surface area contributed by atoms with Gasteiger partial charge in [-0.25, -0.2) is 0 Å².